The van der Waals surface area contributed by atoms with Crippen LogP contribution in [0, 0.1) is 16.0 Å². The van der Waals surface area contributed by atoms with Crippen LogP contribution < -0.4 is 5.32 Å². The van der Waals surface area contributed by atoms with Gasteiger partial charge in [-0.3, -0.25) is 19.7 Å². The first-order valence-electron chi connectivity index (χ1n) is 10.6. The first-order valence-corrected chi connectivity index (χ1v) is 11.6. The maximum Gasteiger partial charge on any atom is 0.270 e. The highest BCUT2D eigenvalue weighted by Gasteiger charge is 2.26. The fourth-order valence-corrected chi connectivity index (χ4v) is 4.14. The number of nitro groups is 1. The Labute approximate surface area is 201 Å². The number of thioether (sulfide) groups is 1. The molecule has 1 heterocycles. The fraction of sp³-hybridized carbons (Fsp3) is 0.250. The van der Waals surface area contributed by atoms with Crippen molar-refractivity contribution in [1.29, 1.82) is 0 Å². The second-order valence-corrected chi connectivity index (χ2v) is 8.76. The Hall–Kier alpha value is -3.79. The summed E-state index contributed by atoms with van der Waals surface area (Å²) in [7, 11) is 0. The van der Waals surface area contributed by atoms with E-state index in [0.29, 0.717) is 23.1 Å². The smallest absolute Gasteiger partial charge is 0.270 e. The monoisotopic (exact) mass is 479 g/mol. The highest BCUT2D eigenvalue weighted by Crippen LogP contribution is 2.26. The largest absolute Gasteiger partial charge is 0.342 e. The summed E-state index contributed by atoms with van der Waals surface area (Å²) >= 11 is 1.18. The van der Waals surface area contributed by atoms with Crippen molar-refractivity contribution in [1.82, 2.24) is 20.1 Å². The number of nitrogens with zero attached hydrogens (tertiary/aromatic N) is 4. The van der Waals surface area contributed by atoms with Crippen LogP contribution in [0.2, 0.25) is 0 Å². The summed E-state index contributed by atoms with van der Waals surface area (Å²) in [5, 5.41) is 23.1. The van der Waals surface area contributed by atoms with Crippen LogP contribution in [-0.2, 0) is 6.54 Å². The summed E-state index contributed by atoms with van der Waals surface area (Å²) in [5.41, 5.74) is 0.661. The molecular formula is C24H25N5O4S. The summed E-state index contributed by atoms with van der Waals surface area (Å²) < 4.78 is 1.81. The van der Waals surface area contributed by atoms with Crippen LogP contribution in [0.5, 0.6) is 0 Å². The number of non-ortho nitro benzene ring substituents is 1. The predicted molar refractivity (Wildman–Crippen MR) is 130 cm³/mol. The lowest BCUT2D eigenvalue weighted by molar-refractivity contribution is -0.384. The van der Waals surface area contributed by atoms with E-state index < -0.39 is 11.0 Å². The van der Waals surface area contributed by atoms with Gasteiger partial charge in [0.15, 0.2) is 16.8 Å². The highest BCUT2D eigenvalue weighted by atomic mass is 32.2. The third-order valence-electron chi connectivity index (χ3n) is 5.04. The summed E-state index contributed by atoms with van der Waals surface area (Å²) in [4.78, 5) is 35.9. The number of aromatic nitrogens is 3. The van der Waals surface area contributed by atoms with Gasteiger partial charge in [-0.1, -0.05) is 62.0 Å². The zero-order valence-electron chi connectivity index (χ0n) is 18.9. The minimum atomic E-state index is -0.535. The quantitative estimate of drug-likeness (QED) is 0.142. The topological polar surface area (TPSA) is 120 Å². The van der Waals surface area contributed by atoms with Crippen molar-refractivity contribution >= 4 is 29.1 Å². The lowest BCUT2D eigenvalue weighted by atomic mass is 10.0. The molecule has 2 aromatic carbocycles. The van der Waals surface area contributed by atoms with Gasteiger partial charge in [-0.2, -0.15) is 0 Å². The lowest BCUT2D eigenvalue weighted by Crippen LogP contribution is -2.33. The Morgan fingerprint density at radius 1 is 1.15 bits per heavy atom. The van der Waals surface area contributed by atoms with Gasteiger partial charge in [-0.25, -0.2) is 0 Å². The summed E-state index contributed by atoms with van der Waals surface area (Å²) in [6.45, 7) is 8.13. The van der Waals surface area contributed by atoms with E-state index in [2.05, 4.69) is 22.1 Å². The molecule has 0 radical (unpaired) electrons. The average Bonchev–Trinajstić information content (AvgIpc) is 3.23. The SMILES string of the molecule is C=CCn1c(SCC(=O)c2cccc([N+](=O)[O-])c2)nnc1C(NC(=O)c1ccccc1)C(C)C. The van der Waals surface area contributed by atoms with E-state index in [0.717, 1.165) is 0 Å². The van der Waals surface area contributed by atoms with Crippen molar-refractivity contribution in [3.05, 3.63) is 94.3 Å². The Bertz CT molecular complexity index is 1190. The molecule has 3 aromatic rings. The van der Waals surface area contributed by atoms with Crippen LogP contribution in [0.1, 0.15) is 46.4 Å². The van der Waals surface area contributed by atoms with Gasteiger partial charge in [0.1, 0.15) is 0 Å². The molecule has 3 rings (SSSR count). The molecule has 0 saturated heterocycles. The van der Waals surface area contributed by atoms with Gasteiger partial charge < -0.3 is 9.88 Å². The molecule has 1 atom stereocenters. The van der Waals surface area contributed by atoms with Crippen molar-refractivity contribution in [2.45, 2.75) is 31.6 Å². The van der Waals surface area contributed by atoms with E-state index in [1.165, 1.54) is 30.0 Å². The fourth-order valence-electron chi connectivity index (χ4n) is 3.29. The van der Waals surface area contributed by atoms with E-state index in [-0.39, 0.29) is 34.6 Å². The van der Waals surface area contributed by atoms with Crippen LogP contribution in [0.25, 0.3) is 0 Å². The molecule has 0 bridgehead atoms. The number of amides is 1. The van der Waals surface area contributed by atoms with E-state index >= 15 is 0 Å². The zero-order valence-corrected chi connectivity index (χ0v) is 19.7. The van der Waals surface area contributed by atoms with Crippen LogP contribution in [0.15, 0.2) is 72.4 Å². The lowest BCUT2D eigenvalue weighted by Gasteiger charge is -2.22. The number of allylic oxidation sites excluding steroid dienone is 1. The first kappa shape index (κ1) is 24.8. The van der Waals surface area contributed by atoms with Gasteiger partial charge >= 0.3 is 0 Å². The van der Waals surface area contributed by atoms with Crippen LogP contribution >= 0.6 is 11.8 Å². The standard InChI is InChI=1S/C24H25N5O4S/c1-4-13-28-22(21(16(2)3)25-23(31)17-9-6-5-7-10-17)26-27-24(28)34-15-20(30)18-11-8-12-19(14-18)29(32)33/h4-12,14,16,21H,1,13,15H2,2-3H3,(H,25,31). The summed E-state index contributed by atoms with van der Waals surface area (Å²) in [6.07, 6.45) is 1.69. The first-order chi connectivity index (χ1) is 16.3. The van der Waals surface area contributed by atoms with Crippen LogP contribution in [-0.4, -0.2) is 37.1 Å². The van der Waals surface area contributed by atoms with E-state index in [1.807, 2.05) is 24.5 Å². The zero-order chi connectivity index (χ0) is 24.7. The molecule has 10 heteroatoms. The Morgan fingerprint density at radius 2 is 1.85 bits per heavy atom. The number of hydrogen-bond acceptors (Lipinski definition) is 7. The minimum Gasteiger partial charge on any atom is -0.342 e. The molecule has 0 saturated carbocycles. The molecule has 0 aliphatic carbocycles. The number of benzene rings is 2. The van der Waals surface area contributed by atoms with Crippen LogP contribution in [0.3, 0.4) is 0 Å². The molecule has 176 valence electrons. The molecule has 0 aliphatic rings. The average molecular weight is 480 g/mol. The number of hydrogen-bond donors (Lipinski definition) is 1. The van der Waals surface area contributed by atoms with Gasteiger partial charge in [-0.05, 0) is 18.1 Å². The number of nitro benzene ring substituents is 1. The number of carbonyl (C=O) groups is 2. The third-order valence-corrected chi connectivity index (χ3v) is 6.00. The number of nitrogens with one attached hydrogen (secondary N) is 1. The van der Waals surface area contributed by atoms with Gasteiger partial charge in [-0.15, -0.1) is 16.8 Å². The summed E-state index contributed by atoms with van der Waals surface area (Å²) in [6, 6.07) is 14.1. The van der Waals surface area contributed by atoms with E-state index in [1.54, 1.807) is 36.4 Å². The molecule has 0 aliphatic heterocycles. The molecule has 1 aromatic heterocycles. The molecule has 1 N–H and O–H groups in total. The second-order valence-electron chi connectivity index (χ2n) is 7.82. The number of carbonyl (C=O) groups excluding carboxylic acids is 2. The van der Waals surface area contributed by atoms with Crippen molar-refractivity contribution < 1.29 is 14.5 Å². The van der Waals surface area contributed by atoms with E-state index in [9.17, 15) is 19.7 Å². The van der Waals surface area contributed by atoms with Crippen LogP contribution in [0.4, 0.5) is 5.69 Å². The number of ketones is 1. The Morgan fingerprint density at radius 3 is 2.50 bits per heavy atom. The van der Waals surface area contributed by atoms with Crippen molar-refractivity contribution in [2.75, 3.05) is 5.75 Å². The second kappa shape index (κ2) is 11.4. The Balaban J connectivity index is 1.80. The minimum absolute atomic E-state index is 0.0183. The van der Waals surface area contributed by atoms with Crippen molar-refractivity contribution in [2.24, 2.45) is 5.92 Å². The maximum atomic E-state index is 12.8. The Kier molecular flexibility index (Phi) is 8.31. The molecule has 1 amide bonds. The molecular weight excluding hydrogens is 454 g/mol. The van der Waals surface area contributed by atoms with Gasteiger partial charge in [0, 0.05) is 29.8 Å². The number of rotatable bonds is 11. The van der Waals surface area contributed by atoms with Gasteiger partial charge in [0.25, 0.3) is 11.6 Å². The molecule has 0 fully saturated rings. The van der Waals surface area contributed by atoms with Crippen molar-refractivity contribution in [3.8, 4) is 0 Å². The third kappa shape index (κ3) is 5.96. The molecule has 34 heavy (non-hydrogen) atoms. The molecule has 0 spiro atoms. The van der Waals surface area contributed by atoms with E-state index in [4.69, 9.17) is 0 Å². The molecule has 1 unspecified atom stereocenters. The van der Waals surface area contributed by atoms with Gasteiger partial charge in [0.05, 0.1) is 16.7 Å². The van der Waals surface area contributed by atoms with Gasteiger partial charge in [0.2, 0.25) is 0 Å². The highest BCUT2D eigenvalue weighted by molar-refractivity contribution is 7.99. The normalized spacial score (nSPS) is 11.7. The maximum absolute atomic E-state index is 12.8. The number of Topliss-reactive ketones (excluding diaryl/α,β-unsaturated/α-hetero) is 1. The predicted octanol–water partition coefficient (Wildman–Crippen LogP) is 4.47. The summed E-state index contributed by atoms with van der Waals surface area (Å²) in [5.74, 6) is 0.122. The molecule has 9 nitrogen and oxygen atoms in total. The van der Waals surface area contributed by atoms with Crippen molar-refractivity contribution in [3.63, 3.8) is 0 Å².